The van der Waals surface area contributed by atoms with E-state index in [2.05, 4.69) is 15.8 Å². The lowest BCUT2D eigenvalue weighted by Gasteiger charge is -2.12. The highest BCUT2D eigenvalue weighted by molar-refractivity contribution is 7.80. The van der Waals surface area contributed by atoms with E-state index in [-0.39, 0.29) is 0 Å². The molecule has 0 atom stereocenters. The number of para-hydroxylation sites is 1. The number of thiocarbonyl (C=S) groups is 1. The molecule has 0 radical (unpaired) electrons. The number of nitrogens with zero attached hydrogens (tertiary/aromatic N) is 1. The van der Waals surface area contributed by atoms with Crippen molar-refractivity contribution >= 4 is 35.2 Å². The average molecular weight is 478 g/mol. The molecular formula is C26H27N3O4S. The maximum atomic E-state index is 12.6. The van der Waals surface area contributed by atoms with Crippen molar-refractivity contribution in [2.75, 3.05) is 18.5 Å². The summed E-state index contributed by atoms with van der Waals surface area (Å²) >= 11 is 5.24. The summed E-state index contributed by atoms with van der Waals surface area (Å²) in [5.74, 6) is 0.990. The minimum Gasteiger partial charge on any atom is -0.494 e. The molecule has 0 bridgehead atoms. The van der Waals surface area contributed by atoms with E-state index in [4.69, 9.17) is 26.4 Å². The second-order valence-electron chi connectivity index (χ2n) is 7.09. The molecule has 3 rings (SSSR count). The number of carbonyl (C=O) groups excluding carboxylic acids is 1. The molecule has 34 heavy (non-hydrogen) atoms. The van der Waals surface area contributed by atoms with Crippen molar-refractivity contribution in [3.63, 3.8) is 0 Å². The van der Waals surface area contributed by atoms with Crippen LogP contribution in [0.2, 0.25) is 0 Å². The predicted octanol–water partition coefficient (Wildman–Crippen LogP) is 5.41. The number of hydrazone groups is 1. The normalized spacial score (nSPS) is 10.5. The molecule has 3 aromatic rings. The summed E-state index contributed by atoms with van der Waals surface area (Å²) in [7, 11) is 0. The fraction of sp³-hybridized carbons (Fsp3) is 0.192. The summed E-state index contributed by atoms with van der Waals surface area (Å²) in [5, 5.41) is 7.55. The minimum absolute atomic E-state index is 0.324. The number of esters is 1. The first-order valence-corrected chi connectivity index (χ1v) is 11.4. The molecule has 0 saturated carbocycles. The third-order valence-electron chi connectivity index (χ3n) is 4.44. The Kier molecular flexibility index (Phi) is 9.42. The van der Waals surface area contributed by atoms with Crippen molar-refractivity contribution in [3.8, 4) is 17.2 Å². The maximum absolute atomic E-state index is 12.6. The molecule has 0 heterocycles. The molecule has 0 aromatic heterocycles. The number of ether oxygens (including phenoxy) is 3. The zero-order valence-electron chi connectivity index (χ0n) is 19.1. The zero-order valence-corrected chi connectivity index (χ0v) is 19.9. The second kappa shape index (κ2) is 13.0. The molecule has 0 fully saturated rings. The van der Waals surface area contributed by atoms with Crippen molar-refractivity contribution in [2.45, 2.75) is 20.3 Å². The third kappa shape index (κ3) is 7.60. The van der Waals surface area contributed by atoms with Gasteiger partial charge in [0.05, 0.1) is 25.0 Å². The molecular weight excluding hydrogens is 450 g/mol. The van der Waals surface area contributed by atoms with Crippen LogP contribution in [0, 0.1) is 0 Å². The highest BCUT2D eigenvalue weighted by atomic mass is 32.1. The predicted molar refractivity (Wildman–Crippen MR) is 138 cm³/mol. The van der Waals surface area contributed by atoms with Gasteiger partial charge in [0.25, 0.3) is 0 Å². The van der Waals surface area contributed by atoms with Crippen molar-refractivity contribution < 1.29 is 19.0 Å². The van der Waals surface area contributed by atoms with Crippen molar-refractivity contribution in [1.82, 2.24) is 5.43 Å². The Labute approximate surface area is 204 Å². The first-order chi connectivity index (χ1) is 16.6. The van der Waals surface area contributed by atoms with Crippen LogP contribution in [-0.2, 0) is 0 Å². The fourth-order valence-electron chi connectivity index (χ4n) is 2.87. The van der Waals surface area contributed by atoms with E-state index in [1.165, 1.54) is 0 Å². The Bertz CT molecular complexity index is 1120. The van der Waals surface area contributed by atoms with Crippen LogP contribution < -0.4 is 25.0 Å². The van der Waals surface area contributed by atoms with Crippen molar-refractivity contribution in [2.24, 2.45) is 5.10 Å². The maximum Gasteiger partial charge on any atom is 0.343 e. The Morgan fingerprint density at radius 1 is 0.971 bits per heavy atom. The van der Waals surface area contributed by atoms with E-state index >= 15 is 0 Å². The Morgan fingerprint density at radius 2 is 1.74 bits per heavy atom. The van der Waals surface area contributed by atoms with Gasteiger partial charge in [-0.2, -0.15) is 5.10 Å². The zero-order chi connectivity index (χ0) is 24.2. The highest BCUT2D eigenvalue weighted by Gasteiger charge is 2.13. The number of rotatable bonds is 10. The molecule has 0 aliphatic heterocycles. The van der Waals surface area contributed by atoms with E-state index in [0.29, 0.717) is 41.1 Å². The number of benzene rings is 3. The number of carbonyl (C=O) groups is 1. The lowest BCUT2D eigenvalue weighted by atomic mass is 10.2. The number of hydrogen-bond donors (Lipinski definition) is 2. The van der Waals surface area contributed by atoms with Crippen LogP contribution in [0.4, 0.5) is 5.69 Å². The summed E-state index contributed by atoms with van der Waals surface area (Å²) < 4.78 is 16.8. The van der Waals surface area contributed by atoms with Crippen LogP contribution >= 0.6 is 12.2 Å². The van der Waals surface area contributed by atoms with Gasteiger partial charge < -0.3 is 19.5 Å². The van der Waals surface area contributed by atoms with E-state index in [1.54, 1.807) is 48.7 Å². The van der Waals surface area contributed by atoms with Gasteiger partial charge in [-0.25, -0.2) is 4.79 Å². The van der Waals surface area contributed by atoms with Crippen LogP contribution in [-0.4, -0.2) is 30.5 Å². The van der Waals surface area contributed by atoms with Crippen LogP contribution in [0.25, 0.3) is 0 Å². The quantitative estimate of drug-likeness (QED) is 0.133. The molecule has 7 nitrogen and oxygen atoms in total. The largest absolute Gasteiger partial charge is 0.494 e. The monoisotopic (exact) mass is 477 g/mol. The molecule has 0 aliphatic carbocycles. The summed E-state index contributed by atoms with van der Waals surface area (Å²) in [4.78, 5) is 12.6. The molecule has 0 unspecified atom stereocenters. The SMILES string of the molecule is CCCOc1ccc(C(=O)Oc2ccc(/C=N\NC(=S)Nc3ccccc3)cc2OCC)cc1. The molecule has 2 N–H and O–H groups in total. The van der Waals surface area contributed by atoms with Crippen LogP contribution in [0.15, 0.2) is 77.9 Å². The van der Waals surface area contributed by atoms with Gasteiger partial charge in [0.2, 0.25) is 0 Å². The fourth-order valence-corrected chi connectivity index (χ4v) is 3.04. The Hall–Kier alpha value is -3.91. The molecule has 0 saturated heterocycles. The summed E-state index contributed by atoms with van der Waals surface area (Å²) in [6.45, 7) is 4.93. The standard InChI is InChI=1S/C26H27N3O4S/c1-3-16-32-22-13-11-20(12-14-22)25(30)33-23-15-10-19(17-24(23)31-4-2)18-27-29-26(34)28-21-8-6-5-7-9-21/h5-15,17-18H,3-4,16H2,1-2H3,(H2,28,29,34)/b27-18-. The molecule has 8 heteroatoms. The topological polar surface area (TPSA) is 81.2 Å². The molecule has 0 spiro atoms. The highest BCUT2D eigenvalue weighted by Crippen LogP contribution is 2.29. The van der Waals surface area contributed by atoms with Gasteiger partial charge in [0.15, 0.2) is 16.6 Å². The van der Waals surface area contributed by atoms with E-state index in [0.717, 1.165) is 17.7 Å². The van der Waals surface area contributed by atoms with Gasteiger partial charge >= 0.3 is 5.97 Å². The third-order valence-corrected chi connectivity index (χ3v) is 4.64. The smallest absolute Gasteiger partial charge is 0.343 e. The Morgan fingerprint density at radius 3 is 2.44 bits per heavy atom. The van der Waals surface area contributed by atoms with Gasteiger partial charge in [0, 0.05) is 5.69 Å². The first kappa shape index (κ1) is 24.7. The lowest BCUT2D eigenvalue weighted by molar-refractivity contribution is 0.0728. The molecule has 176 valence electrons. The second-order valence-corrected chi connectivity index (χ2v) is 7.50. The summed E-state index contributed by atoms with van der Waals surface area (Å²) in [5.41, 5.74) is 4.80. The number of anilines is 1. The Balaban J connectivity index is 1.62. The van der Waals surface area contributed by atoms with Gasteiger partial charge in [-0.15, -0.1) is 0 Å². The first-order valence-electron chi connectivity index (χ1n) is 11.0. The molecule has 0 amide bonds. The van der Waals surface area contributed by atoms with Crippen molar-refractivity contribution in [3.05, 3.63) is 83.9 Å². The number of nitrogens with one attached hydrogen (secondary N) is 2. The van der Waals surface area contributed by atoms with E-state index in [1.807, 2.05) is 44.2 Å². The van der Waals surface area contributed by atoms with Crippen molar-refractivity contribution in [1.29, 1.82) is 0 Å². The van der Waals surface area contributed by atoms with Gasteiger partial charge in [-0.1, -0.05) is 25.1 Å². The van der Waals surface area contributed by atoms with Gasteiger partial charge in [0.1, 0.15) is 5.75 Å². The van der Waals surface area contributed by atoms with Crippen LogP contribution in [0.3, 0.4) is 0 Å². The summed E-state index contributed by atoms with van der Waals surface area (Å²) in [6.07, 6.45) is 2.51. The average Bonchev–Trinajstić information content (AvgIpc) is 2.85. The van der Waals surface area contributed by atoms with Crippen LogP contribution in [0.5, 0.6) is 17.2 Å². The van der Waals surface area contributed by atoms with Crippen LogP contribution in [0.1, 0.15) is 36.2 Å². The lowest BCUT2D eigenvalue weighted by Crippen LogP contribution is -2.23. The number of hydrogen-bond acceptors (Lipinski definition) is 6. The van der Waals surface area contributed by atoms with E-state index < -0.39 is 5.97 Å². The molecule has 0 aliphatic rings. The van der Waals surface area contributed by atoms with E-state index in [9.17, 15) is 4.79 Å². The minimum atomic E-state index is -0.483. The molecule has 3 aromatic carbocycles. The summed E-state index contributed by atoms with van der Waals surface area (Å²) in [6, 6.07) is 21.6. The van der Waals surface area contributed by atoms with Gasteiger partial charge in [-0.05, 0) is 85.7 Å². The van der Waals surface area contributed by atoms with Gasteiger partial charge in [-0.3, -0.25) is 5.43 Å².